The standard InChI is InChI=1S/C10H19NO3/c1-4-5-8(10(13)14)6-11-9(12)7(2)3/h7-8H,4-6H2,1-3H3,(H,11,12)(H,13,14). The number of hydrogen-bond acceptors (Lipinski definition) is 2. The first kappa shape index (κ1) is 12.9. The maximum absolute atomic E-state index is 11.2. The summed E-state index contributed by atoms with van der Waals surface area (Å²) in [5, 5.41) is 11.4. The van der Waals surface area contributed by atoms with Gasteiger partial charge in [-0.1, -0.05) is 27.2 Å². The maximum Gasteiger partial charge on any atom is 0.308 e. The quantitative estimate of drug-likeness (QED) is 0.680. The zero-order chi connectivity index (χ0) is 11.1. The molecule has 1 unspecified atom stereocenters. The van der Waals surface area contributed by atoms with Gasteiger partial charge in [-0.05, 0) is 6.42 Å². The van der Waals surface area contributed by atoms with Crippen molar-refractivity contribution in [1.82, 2.24) is 5.32 Å². The van der Waals surface area contributed by atoms with Gasteiger partial charge in [-0.15, -0.1) is 0 Å². The highest BCUT2D eigenvalue weighted by Crippen LogP contribution is 2.05. The number of carboxylic acids is 1. The number of carboxylic acid groups (broad SMARTS) is 1. The number of amides is 1. The van der Waals surface area contributed by atoms with E-state index in [1.54, 1.807) is 13.8 Å². The van der Waals surface area contributed by atoms with Crippen LogP contribution in [0.15, 0.2) is 0 Å². The number of carbonyl (C=O) groups excluding carboxylic acids is 1. The summed E-state index contributed by atoms with van der Waals surface area (Å²) in [6.07, 6.45) is 1.42. The number of hydrogen-bond donors (Lipinski definition) is 2. The SMILES string of the molecule is CCCC(CNC(=O)C(C)C)C(=O)O. The van der Waals surface area contributed by atoms with Crippen molar-refractivity contribution in [3.8, 4) is 0 Å². The molecular weight excluding hydrogens is 182 g/mol. The van der Waals surface area contributed by atoms with Gasteiger partial charge in [0.15, 0.2) is 0 Å². The van der Waals surface area contributed by atoms with Crippen LogP contribution in [0, 0.1) is 11.8 Å². The number of aliphatic carboxylic acids is 1. The van der Waals surface area contributed by atoms with Gasteiger partial charge < -0.3 is 10.4 Å². The second-order valence-corrected chi connectivity index (χ2v) is 3.72. The average Bonchev–Trinajstić information content (AvgIpc) is 2.10. The van der Waals surface area contributed by atoms with E-state index >= 15 is 0 Å². The Kier molecular flexibility index (Phi) is 5.92. The van der Waals surface area contributed by atoms with Crippen LogP contribution in [-0.4, -0.2) is 23.5 Å². The Labute approximate surface area is 84.7 Å². The lowest BCUT2D eigenvalue weighted by molar-refractivity contribution is -0.142. The molecule has 0 rings (SSSR count). The minimum absolute atomic E-state index is 0.0904. The predicted octanol–water partition coefficient (Wildman–Crippen LogP) is 1.26. The summed E-state index contributed by atoms with van der Waals surface area (Å²) in [6, 6.07) is 0. The molecule has 0 saturated heterocycles. The van der Waals surface area contributed by atoms with Crippen LogP contribution < -0.4 is 5.32 Å². The molecule has 4 heteroatoms. The fraction of sp³-hybridized carbons (Fsp3) is 0.800. The minimum Gasteiger partial charge on any atom is -0.481 e. The van der Waals surface area contributed by atoms with Crippen LogP contribution in [0.3, 0.4) is 0 Å². The summed E-state index contributed by atoms with van der Waals surface area (Å²) in [5.74, 6) is -1.47. The molecule has 1 amide bonds. The second kappa shape index (κ2) is 6.40. The molecule has 0 aromatic rings. The molecule has 0 saturated carbocycles. The molecule has 2 N–H and O–H groups in total. The van der Waals surface area contributed by atoms with E-state index < -0.39 is 11.9 Å². The van der Waals surface area contributed by atoms with Crippen LogP contribution in [0.25, 0.3) is 0 Å². The lowest BCUT2D eigenvalue weighted by atomic mass is 10.0. The summed E-state index contributed by atoms with van der Waals surface area (Å²) >= 11 is 0. The van der Waals surface area contributed by atoms with Gasteiger partial charge in [-0.2, -0.15) is 0 Å². The van der Waals surface area contributed by atoms with E-state index in [-0.39, 0.29) is 18.4 Å². The van der Waals surface area contributed by atoms with Crippen molar-refractivity contribution in [2.45, 2.75) is 33.6 Å². The minimum atomic E-state index is -0.837. The normalized spacial score (nSPS) is 12.6. The molecule has 14 heavy (non-hydrogen) atoms. The Bertz CT molecular complexity index is 202. The predicted molar refractivity (Wildman–Crippen MR) is 53.9 cm³/mol. The molecule has 82 valence electrons. The van der Waals surface area contributed by atoms with Crippen LogP contribution in [0.1, 0.15) is 33.6 Å². The Balaban J connectivity index is 3.93. The summed E-state index contributed by atoms with van der Waals surface area (Å²) in [7, 11) is 0. The maximum atomic E-state index is 11.2. The van der Waals surface area contributed by atoms with E-state index in [0.717, 1.165) is 6.42 Å². The average molecular weight is 201 g/mol. The van der Waals surface area contributed by atoms with Crippen molar-refractivity contribution in [3.63, 3.8) is 0 Å². The van der Waals surface area contributed by atoms with E-state index in [1.165, 1.54) is 0 Å². The Morgan fingerprint density at radius 3 is 2.29 bits per heavy atom. The zero-order valence-corrected chi connectivity index (χ0v) is 9.04. The molecule has 0 aliphatic rings. The van der Waals surface area contributed by atoms with E-state index in [2.05, 4.69) is 5.32 Å². The molecule has 0 aromatic carbocycles. The summed E-state index contributed by atoms with van der Waals surface area (Å²) in [4.78, 5) is 21.9. The van der Waals surface area contributed by atoms with Crippen molar-refractivity contribution in [2.24, 2.45) is 11.8 Å². The van der Waals surface area contributed by atoms with Gasteiger partial charge >= 0.3 is 5.97 Å². The second-order valence-electron chi connectivity index (χ2n) is 3.72. The smallest absolute Gasteiger partial charge is 0.308 e. The molecule has 0 fully saturated rings. The molecule has 0 aromatic heterocycles. The van der Waals surface area contributed by atoms with Gasteiger partial charge in [0.05, 0.1) is 5.92 Å². The van der Waals surface area contributed by atoms with Crippen LogP contribution in [-0.2, 0) is 9.59 Å². The fourth-order valence-corrected chi connectivity index (χ4v) is 1.09. The summed E-state index contributed by atoms with van der Waals surface area (Å²) in [6.45, 7) is 5.73. The Morgan fingerprint density at radius 2 is 1.93 bits per heavy atom. The summed E-state index contributed by atoms with van der Waals surface area (Å²) in [5.41, 5.74) is 0. The lowest BCUT2D eigenvalue weighted by Crippen LogP contribution is -2.35. The molecule has 0 spiro atoms. The van der Waals surface area contributed by atoms with Crippen molar-refractivity contribution >= 4 is 11.9 Å². The van der Waals surface area contributed by atoms with Gasteiger partial charge in [0.2, 0.25) is 5.91 Å². The van der Waals surface area contributed by atoms with Gasteiger partial charge in [-0.3, -0.25) is 9.59 Å². The monoisotopic (exact) mass is 201 g/mol. The Morgan fingerprint density at radius 1 is 1.36 bits per heavy atom. The topological polar surface area (TPSA) is 66.4 Å². The number of carbonyl (C=O) groups is 2. The fourth-order valence-electron chi connectivity index (χ4n) is 1.09. The molecule has 0 bridgehead atoms. The first-order chi connectivity index (χ1) is 6.49. The van der Waals surface area contributed by atoms with Crippen LogP contribution >= 0.6 is 0 Å². The molecule has 0 aliphatic carbocycles. The molecular formula is C10H19NO3. The van der Waals surface area contributed by atoms with Gasteiger partial charge in [-0.25, -0.2) is 0 Å². The highest BCUT2D eigenvalue weighted by atomic mass is 16.4. The molecule has 4 nitrogen and oxygen atoms in total. The molecule has 0 aliphatic heterocycles. The molecule has 0 heterocycles. The largest absolute Gasteiger partial charge is 0.481 e. The summed E-state index contributed by atoms with van der Waals surface area (Å²) < 4.78 is 0. The van der Waals surface area contributed by atoms with E-state index in [1.807, 2.05) is 6.92 Å². The third kappa shape index (κ3) is 4.84. The van der Waals surface area contributed by atoms with Crippen molar-refractivity contribution in [1.29, 1.82) is 0 Å². The van der Waals surface area contributed by atoms with Crippen LogP contribution in [0.4, 0.5) is 0 Å². The highest BCUT2D eigenvalue weighted by molar-refractivity contribution is 5.78. The first-order valence-electron chi connectivity index (χ1n) is 4.99. The van der Waals surface area contributed by atoms with Gasteiger partial charge in [0, 0.05) is 12.5 Å². The number of nitrogens with one attached hydrogen (secondary N) is 1. The van der Waals surface area contributed by atoms with E-state index in [4.69, 9.17) is 5.11 Å². The first-order valence-corrected chi connectivity index (χ1v) is 4.99. The van der Waals surface area contributed by atoms with Crippen molar-refractivity contribution < 1.29 is 14.7 Å². The molecule has 1 atom stereocenters. The third-order valence-corrected chi connectivity index (χ3v) is 2.03. The lowest BCUT2D eigenvalue weighted by Gasteiger charge is -2.13. The number of rotatable bonds is 6. The van der Waals surface area contributed by atoms with Crippen LogP contribution in [0.2, 0.25) is 0 Å². The van der Waals surface area contributed by atoms with Crippen molar-refractivity contribution in [3.05, 3.63) is 0 Å². The van der Waals surface area contributed by atoms with Crippen LogP contribution in [0.5, 0.6) is 0 Å². The van der Waals surface area contributed by atoms with E-state index in [0.29, 0.717) is 6.42 Å². The van der Waals surface area contributed by atoms with E-state index in [9.17, 15) is 9.59 Å². The van der Waals surface area contributed by atoms with Gasteiger partial charge in [0.25, 0.3) is 0 Å². The zero-order valence-electron chi connectivity index (χ0n) is 9.04. The van der Waals surface area contributed by atoms with Gasteiger partial charge in [0.1, 0.15) is 0 Å². The Hall–Kier alpha value is -1.06. The molecule has 0 radical (unpaired) electrons. The van der Waals surface area contributed by atoms with Crippen molar-refractivity contribution in [2.75, 3.05) is 6.54 Å². The third-order valence-electron chi connectivity index (χ3n) is 2.03. The highest BCUT2D eigenvalue weighted by Gasteiger charge is 2.17.